The SMILES string of the molecule is C=CC(=O)OCCOC(=O)COC1C2OC3C1OS(=O)(=O)C3C2C. The molecule has 0 saturated carbocycles. The van der Waals surface area contributed by atoms with Gasteiger partial charge in [0.05, 0.1) is 6.10 Å². The van der Waals surface area contributed by atoms with Crippen LogP contribution in [0.5, 0.6) is 0 Å². The number of carbonyl (C=O) groups is 2. The van der Waals surface area contributed by atoms with Crippen molar-refractivity contribution in [1.82, 2.24) is 0 Å². The van der Waals surface area contributed by atoms with Crippen molar-refractivity contribution in [2.75, 3.05) is 19.8 Å². The number of hydrogen-bond donors (Lipinski definition) is 0. The Labute approximate surface area is 139 Å². The van der Waals surface area contributed by atoms with Crippen molar-refractivity contribution < 1.29 is 41.1 Å². The second-order valence-electron chi connectivity index (χ2n) is 5.81. The molecule has 3 rings (SSSR count). The highest BCUT2D eigenvalue weighted by atomic mass is 32.2. The molecule has 134 valence electrons. The third kappa shape index (κ3) is 2.94. The first kappa shape index (κ1) is 17.3. The second-order valence-corrected chi connectivity index (χ2v) is 7.53. The minimum atomic E-state index is -3.66. The van der Waals surface area contributed by atoms with Gasteiger partial charge in [0.25, 0.3) is 10.1 Å². The van der Waals surface area contributed by atoms with Crippen LogP contribution in [0.15, 0.2) is 12.7 Å². The number of rotatable bonds is 7. The fourth-order valence-corrected chi connectivity index (χ4v) is 5.28. The zero-order chi connectivity index (χ0) is 17.5. The molecule has 2 bridgehead atoms. The van der Waals surface area contributed by atoms with Crippen LogP contribution in [0.4, 0.5) is 0 Å². The largest absolute Gasteiger partial charge is 0.460 e. The molecule has 3 heterocycles. The van der Waals surface area contributed by atoms with Gasteiger partial charge in [-0.25, -0.2) is 9.59 Å². The molecule has 0 N–H and O–H groups in total. The number of carbonyl (C=O) groups excluding carboxylic acids is 2. The molecule has 0 aliphatic carbocycles. The monoisotopic (exact) mass is 362 g/mol. The first-order valence-electron chi connectivity index (χ1n) is 7.49. The van der Waals surface area contributed by atoms with Crippen LogP contribution in [-0.2, 0) is 42.8 Å². The lowest BCUT2D eigenvalue weighted by molar-refractivity contribution is -0.157. The second kappa shape index (κ2) is 6.43. The van der Waals surface area contributed by atoms with Gasteiger partial charge in [0.1, 0.15) is 43.4 Å². The molecule has 0 aromatic rings. The fourth-order valence-electron chi connectivity index (χ4n) is 3.39. The van der Waals surface area contributed by atoms with E-state index in [0.29, 0.717) is 0 Å². The van der Waals surface area contributed by atoms with Crippen molar-refractivity contribution in [2.24, 2.45) is 5.92 Å². The predicted octanol–water partition coefficient (Wildman–Crippen LogP) is -0.842. The Balaban J connectivity index is 1.45. The number of ether oxygens (including phenoxy) is 4. The van der Waals surface area contributed by atoms with Crippen LogP contribution >= 0.6 is 0 Å². The van der Waals surface area contributed by atoms with Crippen molar-refractivity contribution in [2.45, 2.75) is 36.6 Å². The Hall–Kier alpha value is -1.49. The maximum Gasteiger partial charge on any atom is 0.332 e. The minimum Gasteiger partial charge on any atom is -0.460 e. The standard InChI is InChI=1S/C14H18O9S/c1-3-8(15)19-4-5-20-9(16)6-21-11-10-7(2)14-13(22-10)12(11)23-24(14,17)18/h3,7,10-14H,1,4-6H2,2H3. The molecule has 0 spiro atoms. The van der Waals surface area contributed by atoms with E-state index in [1.807, 2.05) is 0 Å². The van der Waals surface area contributed by atoms with Crippen molar-refractivity contribution in [3.63, 3.8) is 0 Å². The van der Waals surface area contributed by atoms with Crippen LogP contribution in [0.1, 0.15) is 6.92 Å². The summed E-state index contributed by atoms with van der Waals surface area (Å²) in [5, 5.41) is -0.668. The average molecular weight is 362 g/mol. The summed E-state index contributed by atoms with van der Waals surface area (Å²) in [5.41, 5.74) is 0. The molecule has 6 atom stereocenters. The molecule has 24 heavy (non-hydrogen) atoms. The summed E-state index contributed by atoms with van der Waals surface area (Å²) < 4.78 is 49.6. The molecule has 10 heteroatoms. The molecule has 9 nitrogen and oxygen atoms in total. The molecule has 0 radical (unpaired) electrons. The summed E-state index contributed by atoms with van der Waals surface area (Å²) in [6.45, 7) is 4.43. The van der Waals surface area contributed by atoms with Crippen molar-refractivity contribution in [3.05, 3.63) is 12.7 Å². The highest BCUT2D eigenvalue weighted by Gasteiger charge is 2.69. The van der Waals surface area contributed by atoms with Gasteiger partial charge < -0.3 is 18.9 Å². The van der Waals surface area contributed by atoms with Crippen molar-refractivity contribution in [1.29, 1.82) is 0 Å². The first-order valence-corrected chi connectivity index (χ1v) is 8.96. The van der Waals surface area contributed by atoms with E-state index in [-0.39, 0.29) is 25.7 Å². The summed E-state index contributed by atoms with van der Waals surface area (Å²) in [6, 6.07) is 0. The van der Waals surface area contributed by atoms with Crippen LogP contribution in [0, 0.1) is 5.92 Å². The van der Waals surface area contributed by atoms with E-state index in [9.17, 15) is 18.0 Å². The molecule has 0 aromatic heterocycles. The highest BCUT2D eigenvalue weighted by molar-refractivity contribution is 7.87. The summed E-state index contributed by atoms with van der Waals surface area (Å²) in [6.07, 6.45) is -1.32. The average Bonchev–Trinajstić information content (AvgIpc) is 3.10. The van der Waals surface area contributed by atoms with Gasteiger partial charge in [-0.1, -0.05) is 13.5 Å². The Morgan fingerprint density at radius 2 is 1.88 bits per heavy atom. The van der Waals surface area contributed by atoms with Gasteiger partial charge in [0, 0.05) is 12.0 Å². The van der Waals surface area contributed by atoms with Gasteiger partial charge in [-0.15, -0.1) is 0 Å². The summed E-state index contributed by atoms with van der Waals surface area (Å²) in [5.74, 6) is -1.53. The first-order chi connectivity index (χ1) is 11.3. The van der Waals surface area contributed by atoms with Gasteiger partial charge in [-0.3, -0.25) is 4.18 Å². The minimum absolute atomic E-state index is 0.0868. The van der Waals surface area contributed by atoms with Crippen LogP contribution in [0.3, 0.4) is 0 Å². The topological polar surface area (TPSA) is 114 Å². The molecular formula is C14H18O9S. The van der Waals surface area contributed by atoms with E-state index in [1.54, 1.807) is 6.92 Å². The Bertz CT molecular complexity index is 643. The predicted molar refractivity (Wildman–Crippen MR) is 77.3 cm³/mol. The van der Waals surface area contributed by atoms with E-state index in [4.69, 9.17) is 18.4 Å². The number of hydrogen-bond acceptors (Lipinski definition) is 9. The molecule has 3 aliphatic rings. The lowest BCUT2D eigenvalue weighted by Crippen LogP contribution is -2.45. The van der Waals surface area contributed by atoms with E-state index < -0.39 is 51.7 Å². The number of fused-ring (bicyclic) bond motifs is 1. The quantitative estimate of drug-likeness (QED) is 0.247. The third-order valence-electron chi connectivity index (χ3n) is 4.38. The summed E-state index contributed by atoms with van der Waals surface area (Å²) in [7, 11) is -3.66. The lowest BCUT2D eigenvalue weighted by atomic mass is 9.86. The maximum atomic E-state index is 11.9. The van der Waals surface area contributed by atoms with E-state index >= 15 is 0 Å². The Kier molecular flexibility index (Phi) is 4.65. The Morgan fingerprint density at radius 1 is 1.17 bits per heavy atom. The van der Waals surface area contributed by atoms with Crippen LogP contribution in [0.25, 0.3) is 0 Å². The molecule has 3 aliphatic heterocycles. The van der Waals surface area contributed by atoms with Gasteiger partial charge in [-0.05, 0) is 0 Å². The Morgan fingerprint density at radius 3 is 2.58 bits per heavy atom. The molecule has 0 aromatic carbocycles. The van der Waals surface area contributed by atoms with Gasteiger partial charge in [0.15, 0.2) is 0 Å². The highest BCUT2D eigenvalue weighted by Crippen LogP contribution is 2.50. The zero-order valence-corrected chi connectivity index (χ0v) is 13.8. The molecule has 3 saturated heterocycles. The zero-order valence-electron chi connectivity index (χ0n) is 13.0. The third-order valence-corrected chi connectivity index (χ3v) is 6.23. The summed E-state index contributed by atoms with van der Waals surface area (Å²) >= 11 is 0. The molecule has 6 unspecified atom stereocenters. The fraction of sp³-hybridized carbons (Fsp3) is 0.714. The van der Waals surface area contributed by atoms with Crippen LogP contribution < -0.4 is 0 Å². The van der Waals surface area contributed by atoms with Crippen LogP contribution in [-0.4, -0.2) is 69.8 Å². The van der Waals surface area contributed by atoms with E-state index in [2.05, 4.69) is 11.3 Å². The van der Waals surface area contributed by atoms with E-state index in [1.165, 1.54) is 0 Å². The van der Waals surface area contributed by atoms with Crippen LogP contribution in [0.2, 0.25) is 0 Å². The van der Waals surface area contributed by atoms with Crippen molar-refractivity contribution >= 4 is 22.1 Å². The summed E-state index contributed by atoms with van der Waals surface area (Å²) in [4.78, 5) is 22.4. The van der Waals surface area contributed by atoms with Gasteiger partial charge >= 0.3 is 11.9 Å². The van der Waals surface area contributed by atoms with Gasteiger partial charge in [-0.2, -0.15) is 8.42 Å². The normalized spacial score (nSPS) is 38.0. The lowest BCUT2D eigenvalue weighted by Gasteiger charge is -2.25. The maximum absolute atomic E-state index is 11.9. The van der Waals surface area contributed by atoms with Gasteiger partial charge in [0.2, 0.25) is 0 Å². The molecule has 0 amide bonds. The van der Waals surface area contributed by atoms with Crippen molar-refractivity contribution in [3.8, 4) is 0 Å². The molecular weight excluding hydrogens is 344 g/mol. The van der Waals surface area contributed by atoms with E-state index in [0.717, 1.165) is 6.08 Å². The molecule has 3 fully saturated rings. The number of esters is 2. The smallest absolute Gasteiger partial charge is 0.332 e.